The summed E-state index contributed by atoms with van der Waals surface area (Å²) in [5.41, 5.74) is 3.63. The number of halogens is 2. The summed E-state index contributed by atoms with van der Waals surface area (Å²) in [6, 6.07) is 30.3. The number of ether oxygens (including phenoxy) is 2. The number of carboxylic acid groups (broad SMARTS) is 1. The Labute approximate surface area is 631 Å². The van der Waals surface area contributed by atoms with E-state index in [1.54, 1.807) is 0 Å². The second kappa shape index (κ2) is 58.2. The summed E-state index contributed by atoms with van der Waals surface area (Å²) in [5, 5.41) is 114. The standard InChI is InChI=1S/C28H44O5.C27H41NO8.C23H34O5.C4H8Br2/c1-2-3-11-20-33-28(32)15-10-5-4-9-14-24-25(27(31)21-26(24)30)19-18-23(29)17-16-22-12-7-6-8-13-22;29-22(15-14-21-10-4-3-5-11-21)16-17-24-23(25(30)20-26(24)31)12-6-1-2-7-13-27(32)35-18-8-9-19-36-28(33)34;24-18(13-12-17-8-4-3-5-9-17)14-15-20-19(21(25)16-22(20)26)10-6-1-2-7-11-23(27)28;5-3-1-2-4-6/h4,6-9,12-13,23-27,29-31H,2-3,5,10-11,14-21H2,1H3;1,3-6,10-11,22-26,29-31H,2,7-9,12-20H2;1,3-6,8-9,18-22,24-26H,2,7,10-16H2,(H,27,28);1-4H2/b9-4-;2*6-1-;/t23-,24+,25+,26-,27+;22-,23+,24+,25-,26+;18-,19+,20+,21-,22+;/m000./s1. The molecule has 3 aromatic rings. The van der Waals surface area contributed by atoms with Gasteiger partial charge in [-0.05, 0) is 238 Å². The Bertz CT molecular complexity index is 2710. The molecule has 0 aromatic heterocycles. The summed E-state index contributed by atoms with van der Waals surface area (Å²) in [7, 11) is 0. The van der Waals surface area contributed by atoms with E-state index in [9.17, 15) is 70.5 Å². The van der Waals surface area contributed by atoms with Crippen LogP contribution in [0.2, 0.25) is 0 Å². The van der Waals surface area contributed by atoms with Crippen molar-refractivity contribution in [3.8, 4) is 0 Å². The number of aliphatic carboxylic acids is 1. The molecule has 10 N–H and O–H groups in total. The Kier molecular flexibility index (Phi) is 52.2. The van der Waals surface area contributed by atoms with Gasteiger partial charge in [-0.3, -0.25) is 14.4 Å². The number of esters is 2. The monoisotopic (exact) mass is 1570 g/mol. The number of carbonyl (C=O) groups excluding carboxylic acids is 2. The molecular weight excluding hydrogens is 1450 g/mol. The minimum atomic E-state index is -0.839. The average Bonchev–Trinajstić information content (AvgIpc) is 1.71. The van der Waals surface area contributed by atoms with Crippen molar-refractivity contribution in [1.29, 1.82) is 0 Å². The largest absolute Gasteiger partial charge is 0.481 e. The van der Waals surface area contributed by atoms with Crippen molar-refractivity contribution in [3.63, 3.8) is 0 Å². The van der Waals surface area contributed by atoms with Gasteiger partial charge < -0.3 is 65.4 Å². The Balaban J connectivity index is 0.000000387. The molecule has 0 radical (unpaired) electrons. The molecule has 0 saturated heterocycles. The Morgan fingerprint density at radius 1 is 0.447 bits per heavy atom. The van der Waals surface area contributed by atoms with E-state index >= 15 is 0 Å². The van der Waals surface area contributed by atoms with Crippen LogP contribution >= 0.6 is 31.9 Å². The Hall–Kier alpha value is -4.91. The third kappa shape index (κ3) is 43.5. The van der Waals surface area contributed by atoms with Crippen LogP contribution in [0.15, 0.2) is 127 Å². The second-order valence-corrected chi connectivity index (χ2v) is 29.6. The minimum absolute atomic E-state index is 0.00222. The van der Waals surface area contributed by atoms with Crippen LogP contribution in [0.4, 0.5) is 0 Å². The third-order valence-electron chi connectivity index (χ3n) is 19.9. The SMILES string of the molecule is BrCCCCBr.CCCCCOC(=O)CCC/C=C\C[C@@H]1[C@@H](CC[C@@H](O)CCc2ccccc2)[C@H](O)C[C@@H]1O.O=C(CCC/C=C\C[C@@H]1[C@@H](CC[C@@H](O)CCc2ccccc2)[C@H](O)C[C@@H]1O)OCCCCO[N+](=O)[O-].O=C(O)CCC/C=C\C[C@@H]1[C@@H](CC[C@@H](O)CCc2ccccc2)[C@H](O)C[C@@H]1O. The molecule has 103 heavy (non-hydrogen) atoms. The van der Waals surface area contributed by atoms with Crippen LogP contribution in [0.25, 0.3) is 0 Å². The number of aryl methyl sites for hydroxylation is 3. The molecule has 6 rings (SSSR count). The van der Waals surface area contributed by atoms with Crippen LogP contribution in [0.5, 0.6) is 0 Å². The van der Waals surface area contributed by atoms with Gasteiger partial charge in [-0.1, -0.05) is 179 Å². The molecule has 0 aliphatic heterocycles. The van der Waals surface area contributed by atoms with Gasteiger partial charge in [0.15, 0.2) is 0 Å². The fourth-order valence-electron chi connectivity index (χ4n) is 13.9. The summed E-state index contributed by atoms with van der Waals surface area (Å²) >= 11 is 6.66. The molecule has 3 fully saturated rings. The van der Waals surface area contributed by atoms with Gasteiger partial charge in [0.05, 0.1) is 74.8 Å². The summed E-state index contributed by atoms with van der Waals surface area (Å²) < 4.78 is 10.3. The number of aliphatic hydroxyl groups is 9. The predicted molar refractivity (Wildman–Crippen MR) is 412 cm³/mol. The first-order chi connectivity index (χ1) is 49.8. The van der Waals surface area contributed by atoms with Crippen LogP contribution in [0.3, 0.4) is 0 Å². The number of alkyl halides is 2. The number of aliphatic hydroxyl groups excluding tert-OH is 9. The Morgan fingerprint density at radius 3 is 1.07 bits per heavy atom. The predicted octanol–water partition coefficient (Wildman–Crippen LogP) is 14.6. The zero-order chi connectivity index (χ0) is 75.2. The van der Waals surface area contributed by atoms with Crippen LogP contribution < -0.4 is 0 Å². The first-order valence-electron chi connectivity index (χ1n) is 38.4. The number of carboxylic acids is 1. The number of rotatable bonds is 49. The van der Waals surface area contributed by atoms with Crippen LogP contribution in [-0.2, 0) is 48.0 Å². The normalized spacial score (nSPS) is 23.1. The smallest absolute Gasteiger partial charge is 0.305 e. The highest BCUT2D eigenvalue weighted by Gasteiger charge is 2.43. The molecule has 15 atom stereocenters. The molecule has 21 heteroatoms. The molecule has 3 aromatic carbocycles. The van der Waals surface area contributed by atoms with E-state index in [1.165, 1.54) is 29.5 Å². The lowest BCUT2D eigenvalue weighted by atomic mass is 9.85. The number of hydrogen-bond donors (Lipinski definition) is 10. The van der Waals surface area contributed by atoms with E-state index in [1.807, 2.05) is 78.9 Å². The van der Waals surface area contributed by atoms with Crippen molar-refractivity contribution in [1.82, 2.24) is 0 Å². The van der Waals surface area contributed by atoms with Gasteiger partial charge in [0.25, 0.3) is 5.09 Å². The molecular formula is C82H127Br2NO18. The van der Waals surface area contributed by atoms with Gasteiger partial charge in [0.2, 0.25) is 0 Å². The molecule has 3 aliphatic carbocycles. The van der Waals surface area contributed by atoms with Crippen molar-refractivity contribution < 1.29 is 84.8 Å². The lowest BCUT2D eigenvalue weighted by molar-refractivity contribution is -0.757. The van der Waals surface area contributed by atoms with E-state index in [-0.39, 0.29) is 67.1 Å². The van der Waals surface area contributed by atoms with Crippen molar-refractivity contribution in [3.05, 3.63) is 154 Å². The molecule has 3 saturated carbocycles. The Morgan fingerprint density at radius 2 is 0.757 bits per heavy atom. The fourth-order valence-corrected chi connectivity index (χ4v) is 14.6. The summed E-state index contributed by atoms with van der Waals surface area (Å²) in [5.74, 6) is -1.27. The summed E-state index contributed by atoms with van der Waals surface area (Å²) in [6.45, 7) is 2.86. The maximum Gasteiger partial charge on any atom is 0.305 e. The highest BCUT2D eigenvalue weighted by atomic mass is 79.9. The summed E-state index contributed by atoms with van der Waals surface area (Å²) in [4.78, 5) is 48.2. The van der Waals surface area contributed by atoms with Gasteiger partial charge in [-0.2, -0.15) is 0 Å². The van der Waals surface area contributed by atoms with Crippen molar-refractivity contribution in [2.45, 2.75) is 280 Å². The number of unbranched alkanes of at least 4 members (excludes halogenated alkanes) is 7. The summed E-state index contributed by atoms with van der Waals surface area (Å²) in [6.07, 6.45) is 31.2. The van der Waals surface area contributed by atoms with Crippen LogP contribution in [0, 0.1) is 45.6 Å². The van der Waals surface area contributed by atoms with E-state index in [2.05, 4.69) is 92.2 Å². The molecule has 0 heterocycles. The minimum Gasteiger partial charge on any atom is -0.481 e. The quantitative estimate of drug-likeness (QED) is 0.00627. The lowest BCUT2D eigenvalue weighted by Crippen LogP contribution is -2.23. The van der Waals surface area contributed by atoms with E-state index in [0.29, 0.717) is 148 Å². The average molecular weight is 1570 g/mol. The zero-order valence-electron chi connectivity index (χ0n) is 61.3. The van der Waals surface area contributed by atoms with Crippen molar-refractivity contribution >= 4 is 49.8 Å². The first kappa shape index (κ1) is 92.3. The zero-order valence-corrected chi connectivity index (χ0v) is 64.5. The second-order valence-electron chi connectivity index (χ2n) is 28.0. The van der Waals surface area contributed by atoms with Gasteiger partial charge in [-0.25, -0.2) is 0 Å². The maximum absolute atomic E-state index is 11.7. The molecule has 582 valence electrons. The maximum atomic E-state index is 11.7. The van der Waals surface area contributed by atoms with Crippen molar-refractivity contribution in [2.75, 3.05) is 30.5 Å². The number of carbonyl (C=O) groups is 3. The highest BCUT2D eigenvalue weighted by Crippen LogP contribution is 2.41. The van der Waals surface area contributed by atoms with E-state index in [0.717, 1.165) is 68.4 Å². The van der Waals surface area contributed by atoms with Gasteiger partial charge in [0, 0.05) is 29.9 Å². The number of benzene rings is 3. The topological polar surface area (TPSA) is 324 Å². The first-order valence-corrected chi connectivity index (χ1v) is 40.6. The number of nitrogens with zero attached hydrogens (tertiary/aromatic N) is 1. The van der Waals surface area contributed by atoms with E-state index in [4.69, 9.17) is 14.6 Å². The third-order valence-corrected chi connectivity index (χ3v) is 21.0. The van der Waals surface area contributed by atoms with Gasteiger partial charge in [0.1, 0.15) is 0 Å². The number of hydrogen-bond acceptors (Lipinski definition) is 17. The molecule has 0 amide bonds. The lowest BCUT2D eigenvalue weighted by Gasteiger charge is -2.23. The fraction of sp³-hybridized carbons (Fsp3) is 0.671. The molecule has 0 bridgehead atoms. The van der Waals surface area contributed by atoms with Crippen LogP contribution in [0.1, 0.15) is 223 Å². The van der Waals surface area contributed by atoms with Crippen LogP contribution in [-0.4, -0.2) is 159 Å². The molecule has 0 unspecified atom stereocenters. The van der Waals surface area contributed by atoms with E-state index < -0.39 is 66.0 Å². The highest BCUT2D eigenvalue weighted by molar-refractivity contribution is 9.09. The number of allylic oxidation sites excluding steroid dienone is 6. The molecule has 3 aliphatic rings. The van der Waals surface area contributed by atoms with Crippen molar-refractivity contribution in [2.24, 2.45) is 35.5 Å². The van der Waals surface area contributed by atoms with Gasteiger partial charge in [-0.15, -0.1) is 10.1 Å². The molecule has 19 nitrogen and oxygen atoms in total. The molecule has 0 spiro atoms. The van der Waals surface area contributed by atoms with Gasteiger partial charge >= 0.3 is 17.9 Å².